The van der Waals surface area contributed by atoms with E-state index in [2.05, 4.69) is 11.8 Å². The van der Waals surface area contributed by atoms with Crippen molar-refractivity contribution in [2.45, 2.75) is 19.4 Å². The predicted octanol–water partition coefficient (Wildman–Crippen LogP) is -0.352. The average Bonchev–Trinajstić information content (AvgIpc) is 1.91. The number of rotatable bonds is 5. The number of aliphatic hydroxyl groups excluding tert-OH is 1. The fourth-order valence-corrected chi connectivity index (χ4v) is 0.999. The smallest absolute Gasteiger partial charge is 0.0558 e. The Balaban J connectivity index is 3.53. The van der Waals surface area contributed by atoms with Crippen molar-refractivity contribution in [2.75, 3.05) is 26.7 Å². The van der Waals surface area contributed by atoms with Crippen LogP contribution >= 0.6 is 0 Å². The summed E-state index contributed by atoms with van der Waals surface area (Å²) in [6.07, 6.45) is 1.05. The molecule has 0 amide bonds. The quantitative estimate of drug-likeness (QED) is 0.557. The van der Waals surface area contributed by atoms with Gasteiger partial charge in [-0.25, -0.2) is 0 Å². The van der Waals surface area contributed by atoms with Crippen molar-refractivity contribution in [1.82, 2.24) is 4.90 Å². The summed E-state index contributed by atoms with van der Waals surface area (Å²) in [6, 6.07) is 0.423. The number of nitrogens with two attached hydrogens (primary N) is 1. The second-order valence-corrected chi connectivity index (χ2v) is 2.50. The summed E-state index contributed by atoms with van der Waals surface area (Å²) in [7, 11) is 1.98. The Labute approximate surface area is 62.8 Å². The average molecular weight is 146 g/mol. The monoisotopic (exact) mass is 146 g/mol. The first-order chi connectivity index (χ1) is 4.76. The number of nitrogens with zero attached hydrogens (tertiary/aromatic N) is 1. The molecule has 62 valence electrons. The largest absolute Gasteiger partial charge is 0.395 e. The second-order valence-electron chi connectivity index (χ2n) is 2.50. The van der Waals surface area contributed by atoms with Crippen molar-refractivity contribution in [2.24, 2.45) is 5.73 Å². The van der Waals surface area contributed by atoms with Crippen LogP contribution < -0.4 is 5.73 Å². The third kappa shape index (κ3) is 3.15. The van der Waals surface area contributed by atoms with Gasteiger partial charge in [-0.1, -0.05) is 6.92 Å². The van der Waals surface area contributed by atoms with Crippen molar-refractivity contribution in [3.8, 4) is 0 Å². The van der Waals surface area contributed by atoms with E-state index in [-0.39, 0.29) is 6.61 Å². The van der Waals surface area contributed by atoms with E-state index in [1.807, 2.05) is 7.05 Å². The fraction of sp³-hybridized carbons (Fsp3) is 1.00. The molecule has 0 rings (SSSR count). The van der Waals surface area contributed by atoms with Crippen molar-refractivity contribution in [3.05, 3.63) is 0 Å². The molecule has 0 aromatic rings. The fourth-order valence-electron chi connectivity index (χ4n) is 0.999. The molecule has 3 heteroatoms. The minimum Gasteiger partial charge on any atom is -0.395 e. The van der Waals surface area contributed by atoms with Crippen molar-refractivity contribution in [3.63, 3.8) is 0 Å². The number of aliphatic hydroxyl groups is 1. The Hall–Kier alpha value is -0.120. The number of likely N-dealkylation sites (N-methyl/N-ethyl adjacent to an activating group) is 1. The van der Waals surface area contributed by atoms with Crippen LogP contribution in [0.15, 0.2) is 0 Å². The Morgan fingerprint density at radius 1 is 1.60 bits per heavy atom. The Morgan fingerprint density at radius 3 is 2.50 bits per heavy atom. The molecule has 0 heterocycles. The molecule has 0 bridgehead atoms. The lowest BCUT2D eigenvalue weighted by molar-refractivity contribution is 0.179. The lowest BCUT2D eigenvalue weighted by Crippen LogP contribution is -2.38. The van der Waals surface area contributed by atoms with Gasteiger partial charge in [0.2, 0.25) is 0 Å². The van der Waals surface area contributed by atoms with Crippen LogP contribution in [-0.2, 0) is 0 Å². The van der Waals surface area contributed by atoms with Crippen LogP contribution in [0.4, 0.5) is 0 Å². The predicted molar refractivity (Wildman–Crippen MR) is 42.8 cm³/mol. The van der Waals surface area contributed by atoms with Gasteiger partial charge in [0.15, 0.2) is 0 Å². The molecule has 0 radical (unpaired) electrons. The highest BCUT2D eigenvalue weighted by Crippen LogP contribution is 1.97. The molecule has 0 saturated heterocycles. The van der Waals surface area contributed by atoms with Crippen molar-refractivity contribution in [1.29, 1.82) is 0 Å². The van der Waals surface area contributed by atoms with E-state index in [1.165, 1.54) is 0 Å². The number of hydrogen-bond donors (Lipinski definition) is 2. The standard InChI is InChI=1S/C7H18N2O/c1-3-7(6-8)9(2)4-5-10/h7,10H,3-6,8H2,1-2H3. The van der Waals surface area contributed by atoms with Crippen molar-refractivity contribution >= 4 is 0 Å². The van der Waals surface area contributed by atoms with Crippen LogP contribution in [0.5, 0.6) is 0 Å². The summed E-state index contributed by atoms with van der Waals surface area (Å²) in [6.45, 7) is 3.71. The Kier molecular flexibility index (Phi) is 5.58. The lowest BCUT2D eigenvalue weighted by atomic mass is 10.2. The molecule has 0 spiro atoms. The van der Waals surface area contributed by atoms with Crippen LogP contribution in [0.1, 0.15) is 13.3 Å². The molecular weight excluding hydrogens is 128 g/mol. The molecule has 0 aliphatic carbocycles. The molecule has 0 fully saturated rings. The zero-order chi connectivity index (χ0) is 7.98. The highest BCUT2D eigenvalue weighted by molar-refractivity contribution is 4.66. The molecule has 3 N–H and O–H groups in total. The van der Waals surface area contributed by atoms with Crippen LogP contribution in [0.2, 0.25) is 0 Å². The van der Waals surface area contributed by atoms with Gasteiger partial charge in [-0.3, -0.25) is 4.90 Å². The van der Waals surface area contributed by atoms with E-state index in [1.54, 1.807) is 0 Å². The second kappa shape index (κ2) is 5.65. The van der Waals surface area contributed by atoms with Crippen LogP contribution in [0.3, 0.4) is 0 Å². The van der Waals surface area contributed by atoms with Gasteiger partial charge in [-0.05, 0) is 13.5 Å². The zero-order valence-electron chi connectivity index (χ0n) is 6.88. The molecule has 0 aliphatic rings. The third-order valence-electron chi connectivity index (χ3n) is 1.82. The third-order valence-corrected chi connectivity index (χ3v) is 1.82. The molecule has 10 heavy (non-hydrogen) atoms. The lowest BCUT2D eigenvalue weighted by Gasteiger charge is -2.24. The van der Waals surface area contributed by atoms with Gasteiger partial charge in [0, 0.05) is 19.1 Å². The minimum absolute atomic E-state index is 0.215. The van der Waals surface area contributed by atoms with E-state index in [0.717, 1.165) is 13.0 Å². The van der Waals surface area contributed by atoms with E-state index in [0.29, 0.717) is 12.6 Å². The summed E-state index contributed by atoms with van der Waals surface area (Å²) in [4.78, 5) is 2.08. The van der Waals surface area contributed by atoms with E-state index < -0.39 is 0 Å². The summed E-state index contributed by atoms with van der Waals surface area (Å²) in [5.41, 5.74) is 5.49. The zero-order valence-corrected chi connectivity index (χ0v) is 6.88. The van der Waals surface area contributed by atoms with Crippen molar-refractivity contribution < 1.29 is 5.11 Å². The van der Waals surface area contributed by atoms with Gasteiger partial charge in [-0.2, -0.15) is 0 Å². The van der Waals surface area contributed by atoms with Gasteiger partial charge in [0.25, 0.3) is 0 Å². The molecule has 1 unspecified atom stereocenters. The molecular formula is C7H18N2O. The molecule has 0 aromatic heterocycles. The normalized spacial score (nSPS) is 14.1. The van der Waals surface area contributed by atoms with Gasteiger partial charge < -0.3 is 10.8 Å². The summed E-state index contributed by atoms with van der Waals surface area (Å²) >= 11 is 0. The Morgan fingerprint density at radius 2 is 2.20 bits per heavy atom. The maximum atomic E-state index is 8.59. The molecule has 3 nitrogen and oxygen atoms in total. The van der Waals surface area contributed by atoms with Gasteiger partial charge in [-0.15, -0.1) is 0 Å². The Bertz CT molecular complexity index is 74.0. The highest BCUT2D eigenvalue weighted by atomic mass is 16.3. The maximum absolute atomic E-state index is 8.59. The first-order valence-electron chi connectivity index (χ1n) is 3.77. The van der Waals surface area contributed by atoms with Gasteiger partial charge in [0.05, 0.1) is 6.61 Å². The summed E-state index contributed by atoms with van der Waals surface area (Å²) in [5, 5.41) is 8.59. The number of hydrogen-bond acceptors (Lipinski definition) is 3. The molecule has 0 saturated carbocycles. The minimum atomic E-state index is 0.215. The first-order valence-corrected chi connectivity index (χ1v) is 3.77. The highest BCUT2D eigenvalue weighted by Gasteiger charge is 2.08. The van der Waals surface area contributed by atoms with E-state index in [9.17, 15) is 0 Å². The SMILES string of the molecule is CCC(CN)N(C)CCO. The topological polar surface area (TPSA) is 49.5 Å². The van der Waals surface area contributed by atoms with Gasteiger partial charge in [0.1, 0.15) is 0 Å². The van der Waals surface area contributed by atoms with E-state index in [4.69, 9.17) is 10.8 Å². The molecule has 0 aromatic carbocycles. The summed E-state index contributed by atoms with van der Waals surface area (Å²) < 4.78 is 0. The molecule has 0 aliphatic heterocycles. The van der Waals surface area contributed by atoms with Crippen LogP contribution in [-0.4, -0.2) is 42.8 Å². The van der Waals surface area contributed by atoms with Gasteiger partial charge >= 0.3 is 0 Å². The van der Waals surface area contributed by atoms with E-state index >= 15 is 0 Å². The maximum Gasteiger partial charge on any atom is 0.0558 e. The molecule has 1 atom stereocenters. The summed E-state index contributed by atoms with van der Waals surface area (Å²) in [5.74, 6) is 0. The van der Waals surface area contributed by atoms with Crippen LogP contribution in [0, 0.1) is 0 Å². The van der Waals surface area contributed by atoms with Crippen LogP contribution in [0.25, 0.3) is 0 Å². The first kappa shape index (κ1) is 9.88.